The molecule has 0 aliphatic heterocycles. The first-order chi connectivity index (χ1) is 10.8. The van der Waals surface area contributed by atoms with Crippen molar-refractivity contribution < 1.29 is 14.3 Å². The van der Waals surface area contributed by atoms with Gasteiger partial charge < -0.3 is 9.52 Å². The van der Waals surface area contributed by atoms with Crippen molar-refractivity contribution in [2.24, 2.45) is 0 Å². The minimum atomic E-state index is -0.250. The Morgan fingerprint density at radius 2 is 2.05 bits per heavy atom. The van der Waals surface area contributed by atoms with Gasteiger partial charge in [0, 0.05) is 19.2 Å². The Kier molecular flexibility index (Phi) is 5.48. The number of benzene rings is 1. The maximum atomic E-state index is 8.36. The van der Waals surface area contributed by atoms with E-state index in [1.54, 1.807) is 0 Å². The van der Waals surface area contributed by atoms with Crippen LogP contribution in [0.2, 0.25) is 0 Å². The van der Waals surface area contributed by atoms with Crippen molar-refractivity contribution >= 4 is 6.47 Å². The van der Waals surface area contributed by atoms with Gasteiger partial charge in [0.25, 0.3) is 6.47 Å². The molecule has 0 bridgehead atoms. The van der Waals surface area contributed by atoms with E-state index in [0.717, 1.165) is 30.0 Å². The zero-order valence-electron chi connectivity index (χ0n) is 12.2. The lowest BCUT2D eigenvalue weighted by molar-refractivity contribution is -0.122. The van der Waals surface area contributed by atoms with E-state index in [2.05, 4.69) is 29.1 Å². The summed E-state index contributed by atoms with van der Waals surface area (Å²) < 4.78 is 7.40. The summed E-state index contributed by atoms with van der Waals surface area (Å²) in [6, 6.07) is 10.3. The maximum Gasteiger partial charge on any atom is 0.290 e. The van der Waals surface area contributed by atoms with E-state index in [9.17, 15) is 0 Å². The number of carboxylic acid groups (broad SMARTS) is 1. The molecule has 0 fully saturated rings. The second kappa shape index (κ2) is 7.78. The molecule has 1 N–H and O–H groups in total. The summed E-state index contributed by atoms with van der Waals surface area (Å²) in [4.78, 5) is 12.7. The zero-order valence-corrected chi connectivity index (χ0v) is 12.2. The summed E-state index contributed by atoms with van der Waals surface area (Å²) in [7, 11) is 0. The Bertz CT molecular complexity index is 704. The molecule has 3 aromatic rings. The molecule has 0 radical (unpaired) electrons. The summed E-state index contributed by atoms with van der Waals surface area (Å²) in [5, 5.41) is 11.2. The molecule has 2 aromatic heterocycles. The SMILES string of the molecule is CCn1cc(-c2ocnc2Cc2ccccc2)cn1.O=CO. The topological polar surface area (TPSA) is 81.2 Å². The first-order valence-corrected chi connectivity index (χ1v) is 6.85. The lowest BCUT2D eigenvalue weighted by Crippen LogP contribution is -1.92. The van der Waals surface area contributed by atoms with Gasteiger partial charge >= 0.3 is 0 Å². The molecule has 2 heterocycles. The van der Waals surface area contributed by atoms with Crippen LogP contribution < -0.4 is 0 Å². The maximum absolute atomic E-state index is 8.36. The van der Waals surface area contributed by atoms with E-state index >= 15 is 0 Å². The zero-order chi connectivity index (χ0) is 15.8. The molecule has 0 saturated carbocycles. The van der Waals surface area contributed by atoms with Gasteiger partial charge in [-0.25, -0.2) is 4.98 Å². The van der Waals surface area contributed by atoms with Crippen molar-refractivity contribution in [2.45, 2.75) is 19.9 Å². The van der Waals surface area contributed by atoms with Crippen molar-refractivity contribution in [3.8, 4) is 11.3 Å². The Morgan fingerprint density at radius 3 is 2.68 bits per heavy atom. The van der Waals surface area contributed by atoms with Crippen LogP contribution in [-0.2, 0) is 17.8 Å². The molecule has 3 rings (SSSR count). The van der Waals surface area contributed by atoms with Crippen molar-refractivity contribution in [1.82, 2.24) is 14.8 Å². The molecule has 0 aliphatic rings. The van der Waals surface area contributed by atoms with Crippen molar-refractivity contribution in [3.05, 3.63) is 60.4 Å². The fourth-order valence-electron chi connectivity index (χ4n) is 2.07. The predicted molar refractivity (Wildman–Crippen MR) is 81.3 cm³/mol. The van der Waals surface area contributed by atoms with E-state index in [4.69, 9.17) is 14.3 Å². The van der Waals surface area contributed by atoms with Crippen LogP contribution in [0.4, 0.5) is 0 Å². The van der Waals surface area contributed by atoms with Gasteiger partial charge in [0.1, 0.15) is 0 Å². The first kappa shape index (κ1) is 15.5. The van der Waals surface area contributed by atoms with E-state index in [1.165, 1.54) is 12.0 Å². The van der Waals surface area contributed by atoms with Crippen molar-refractivity contribution in [3.63, 3.8) is 0 Å². The van der Waals surface area contributed by atoms with Gasteiger partial charge in [-0.05, 0) is 12.5 Å². The molecule has 114 valence electrons. The van der Waals surface area contributed by atoms with Crippen LogP contribution in [-0.4, -0.2) is 26.3 Å². The third kappa shape index (κ3) is 3.82. The Labute approximate surface area is 128 Å². The standard InChI is InChI=1S/C15H15N3O.CH2O2/c1-2-18-10-13(9-17-18)15-14(16-11-19-15)8-12-6-4-3-5-7-12;2-1-3/h3-7,9-11H,2,8H2,1H3;1H,(H,2,3). The lowest BCUT2D eigenvalue weighted by Gasteiger charge is -1.99. The number of carbonyl (C=O) groups is 1. The molecule has 0 saturated heterocycles. The third-order valence-corrected chi connectivity index (χ3v) is 3.08. The minimum absolute atomic E-state index is 0.250. The summed E-state index contributed by atoms with van der Waals surface area (Å²) in [5.41, 5.74) is 3.15. The van der Waals surface area contributed by atoms with Crippen LogP contribution in [0.15, 0.2) is 53.5 Å². The molecule has 0 unspecified atom stereocenters. The smallest absolute Gasteiger partial charge is 0.290 e. The van der Waals surface area contributed by atoms with Gasteiger partial charge in [-0.15, -0.1) is 0 Å². The summed E-state index contributed by atoms with van der Waals surface area (Å²) >= 11 is 0. The average molecular weight is 299 g/mol. The summed E-state index contributed by atoms with van der Waals surface area (Å²) in [6.07, 6.45) is 6.06. The quantitative estimate of drug-likeness (QED) is 0.749. The second-order valence-corrected chi connectivity index (χ2v) is 4.48. The molecule has 0 aliphatic carbocycles. The predicted octanol–water partition coefficient (Wildman–Crippen LogP) is 2.85. The van der Waals surface area contributed by atoms with E-state index in [-0.39, 0.29) is 6.47 Å². The fraction of sp³-hybridized carbons (Fsp3) is 0.188. The summed E-state index contributed by atoms with van der Waals surface area (Å²) in [6.45, 7) is 2.66. The lowest BCUT2D eigenvalue weighted by atomic mass is 10.1. The second-order valence-electron chi connectivity index (χ2n) is 4.48. The van der Waals surface area contributed by atoms with Crippen LogP contribution in [0.5, 0.6) is 0 Å². The molecular formula is C16H17N3O3. The normalized spacial score (nSPS) is 9.86. The monoisotopic (exact) mass is 299 g/mol. The molecule has 0 spiro atoms. The number of hydrogen-bond donors (Lipinski definition) is 1. The highest BCUT2D eigenvalue weighted by atomic mass is 16.3. The number of nitrogens with zero attached hydrogens (tertiary/aromatic N) is 3. The number of rotatable bonds is 4. The highest BCUT2D eigenvalue weighted by Crippen LogP contribution is 2.24. The number of oxazole rings is 1. The molecule has 6 nitrogen and oxygen atoms in total. The highest BCUT2D eigenvalue weighted by molar-refractivity contribution is 5.58. The molecule has 22 heavy (non-hydrogen) atoms. The highest BCUT2D eigenvalue weighted by Gasteiger charge is 2.13. The van der Waals surface area contributed by atoms with Gasteiger partial charge in [-0.3, -0.25) is 9.48 Å². The van der Waals surface area contributed by atoms with Gasteiger partial charge in [-0.1, -0.05) is 30.3 Å². The van der Waals surface area contributed by atoms with Crippen LogP contribution in [0, 0.1) is 0 Å². The van der Waals surface area contributed by atoms with Gasteiger partial charge in [0.2, 0.25) is 0 Å². The summed E-state index contributed by atoms with van der Waals surface area (Å²) in [5.74, 6) is 0.809. The largest absolute Gasteiger partial charge is 0.483 e. The fourth-order valence-corrected chi connectivity index (χ4v) is 2.07. The first-order valence-electron chi connectivity index (χ1n) is 6.85. The van der Waals surface area contributed by atoms with Crippen molar-refractivity contribution in [2.75, 3.05) is 0 Å². The molecule has 0 atom stereocenters. The van der Waals surface area contributed by atoms with Gasteiger partial charge in [-0.2, -0.15) is 5.10 Å². The van der Waals surface area contributed by atoms with E-state index < -0.39 is 0 Å². The Morgan fingerprint density at radius 1 is 1.32 bits per heavy atom. The van der Waals surface area contributed by atoms with Gasteiger partial charge in [0.15, 0.2) is 12.2 Å². The molecular weight excluding hydrogens is 282 g/mol. The minimum Gasteiger partial charge on any atom is -0.483 e. The van der Waals surface area contributed by atoms with Crippen LogP contribution >= 0.6 is 0 Å². The molecule has 0 amide bonds. The molecule has 1 aromatic carbocycles. The van der Waals surface area contributed by atoms with Crippen LogP contribution in [0.3, 0.4) is 0 Å². The third-order valence-electron chi connectivity index (χ3n) is 3.08. The van der Waals surface area contributed by atoms with E-state index in [1.807, 2.05) is 35.3 Å². The van der Waals surface area contributed by atoms with Gasteiger partial charge in [0.05, 0.1) is 17.5 Å². The number of aryl methyl sites for hydroxylation is 1. The van der Waals surface area contributed by atoms with Crippen LogP contribution in [0.25, 0.3) is 11.3 Å². The Hall–Kier alpha value is -2.89. The number of hydrogen-bond acceptors (Lipinski definition) is 4. The molecule has 6 heteroatoms. The van der Waals surface area contributed by atoms with Crippen molar-refractivity contribution in [1.29, 1.82) is 0 Å². The number of aromatic nitrogens is 3. The van der Waals surface area contributed by atoms with Crippen LogP contribution in [0.1, 0.15) is 18.2 Å². The average Bonchev–Trinajstić information content (AvgIpc) is 3.17. The van der Waals surface area contributed by atoms with E-state index in [0.29, 0.717) is 0 Å². The Balaban J connectivity index is 0.000000545.